The SMILES string of the molecule is CCCc1nn(C)c(N2CCCOc3ccccc32)c1N. The predicted octanol–water partition coefficient (Wildman–Crippen LogP) is 2.88. The Bertz CT molecular complexity index is 635. The molecule has 2 N–H and O–H groups in total. The number of hydrogen-bond acceptors (Lipinski definition) is 4. The highest BCUT2D eigenvalue weighted by Crippen LogP contribution is 2.39. The first-order valence-corrected chi connectivity index (χ1v) is 7.53. The van der Waals surface area contributed by atoms with Gasteiger partial charge >= 0.3 is 0 Å². The Morgan fingerprint density at radius 1 is 1.33 bits per heavy atom. The molecule has 0 atom stereocenters. The van der Waals surface area contributed by atoms with Gasteiger partial charge in [-0.05, 0) is 25.0 Å². The van der Waals surface area contributed by atoms with Crippen molar-refractivity contribution in [2.75, 3.05) is 23.8 Å². The van der Waals surface area contributed by atoms with Crippen LogP contribution in [-0.4, -0.2) is 22.9 Å². The number of aromatic nitrogens is 2. The van der Waals surface area contributed by atoms with E-state index in [0.717, 1.165) is 61.1 Å². The van der Waals surface area contributed by atoms with Gasteiger partial charge in [0, 0.05) is 13.6 Å². The zero-order valence-electron chi connectivity index (χ0n) is 12.7. The van der Waals surface area contributed by atoms with Crippen molar-refractivity contribution in [3.8, 4) is 5.75 Å². The van der Waals surface area contributed by atoms with E-state index in [1.165, 1.54) is 0 Å². The number of benzene rings is 1. The van der Waals surface area contributed by atoms with E-state index in [0.29, 0.717) is 0 Å². The number of anilines is 3. The third kappa shape index (κ3) is 2.44. The molecule has 112 valence electrons. The van der Waals surface area contributed by atoms with Gasteiger partial charge in [0.25, 0.3) is 0 Å². The van der Waals surface area contributed by atoms with Crippen LogP contribution in [0.15, 0.2) is 24.3 Å². The molecule has 0 radical (unpaired) electrons. The van der Waals surface area contributed by atoms with E-state index < -0.39 is 0 Å². The molecule has 0 amide bonds. The highest BCUT2D eigenvalue weighted by Gasteiger charge is 2.24. The summed E-state index contributed by atoms with van der Waals surface area (Å²) in [4.78, 5) is 2.23. The minimum absolute atomic E-state index is 0.729. The van der Waals surface area contributed by atoms with E-state index in [1.807, 2.05) is 29.9 Å². The molecule has 0 aliphatic carbocycles. The number of nitrogen functional groups attached to an aromatic ring is 1. The predicted molar refractivity (Wildman–Crippen MR) is 85.2 cm³/mol. The van der Waals surface area contributed by atoms with Crippen molar-refractivity contribution in [1.29, 1.82) is 0 Å². The summed E-state index contributed by atoms with van der Waals surface area (Å²) in [5.41, 5.74) is 9.20. The van der Waals surface area contributed by atoms with Crippen LogP contribution >= 0.6 is 0 Å². The maximum absolute atomic E-state index is 6.36. The molecule has 0 saturated carbocycles. The number of fused-ring (bicyclic) bond motifs is 1. The molecule has 2 heterocycles. The molecule has 1 aromatic heterocycles. The maximum atomic E-state index is 6.36. The van der Waals surface area contributed by atoms with Crippen LogP contribution in [0.5, 0.6) is 5.75 Å². The number of para-hydroxylation sites is 2. The topological polar surface area (TPSA) is 56.3 Å². The highest BCUT2D eigenvalue weighted by molar-refractivity contribution is 5.76. The molecule has 3 rings (SSSR count). The second-order valence-electron chi connectivity index (χ2n) is 5.38. The van der Waals surface area contributed by atoms with Crippen molar-refractivity contribution in [3.63, 3.8) is 0 Å². The Balaban J connectivity index is 2.08. The van der Waals surface area contributed by atoms with Crippen molar-refractivity contribution >= 4 is 17.2 Å². The first-order chi connectivity index (χ1) is 10.2. The fourth-order valence-corrected chi connectivity index (χ4v) is 2.87. The molecule has 0 spiro atoms. The molecule has 1 aliphatic rings. The molecular weight excluding hydrogens is 264 g/mol. The summed E-state index contributed by atoms with van der Waals surface area (Å²) in [6, 6.07) is 8.11. The van der Waals surface area contributed by atoms with Crippen molar-refractivity contribution < 1.29 is 4.74 Å². The van der Waals surface area contributed by atoms with Gasteiger partial charge < -0.3 is 15.4 Å². The summed E-state index contributed by atoms with van der Waals surface area (Å²) in [6.45, 7) is 3.75. The van der Waals surface area contributed by atoms with Gasteiger partial charge in [0.05, 0.1) is 23.7 Å². The second-order valence-corrected chi connectivity index (χ2v) is 5.38. The lowest BCUT2D eigenvalue weighted by Gasteiger charge is -2.24. The fraction of sp³-hybridized carbons (Fsp3) is 0.438. The molecule has 5 heteroatoms. The molecule has 1 aromatic carbocycles. The van der Waals surface area contributed by atoms with Gasteiger partial charge in [-0.15, -0.1) is 0 Å². The van der Waals surface area contributed by atoms with Gasteiger partial charge in [-0.3, -0.25) is 4.68 Å². The smallest absolute Gasteiger partial charge is 0.155 e. The molecule has 0 bridgehead atoms. The average molecular weight is 286 g/mol. The van der Waals surface area contributed by atoms with Gasteiger partial charge in [-0.1, -0.05) is 25.5 Å². The van der Waals surface area contributed by atoms with E-state index in [9.17, 15) is 0 Å². The van der Waals surface area contributed by atoms with Crippen molar-refractivity contribution in [3.05, 3.63) is 30.0 Å². The third-order valence-corrected chi connectivity index (χ3v) is 3.81. The summed E-state index contributed by atoms with van der Waals surface area (Å²) in [6.07, 6.45) is 2.91. The van der Waals surface area contributed by atoms with Crippen molar-refractivity contribution in [2.24, 2.45) is 7.05 Å². The molecular formula is C16H22N4O. The number of rotatable bonds is 3. The van der Waals surface area contributed by atoms with Crippen LogP contribution in [0.4, 0.5) is 17.2 Å². The second kappa shape index (κ2) is 5.68. The van der Waals surface area contributed by atoms with Crippen LogP contribution in [0.3, 0.4) is 0 Å². The van der Waals surface area contributed by atoms with E-state index in [-0.39, 0.29) is 0 Å². The summed E-state index contributed by atoms with van der Waals surface area (Å²) < 4.78 is 7.71. The molecule has 5 nitrogen and oxygen atoms in total. The minimum Gasteiger partial charge on any atom is -0.491 e. The number of nitrogens with two attached hydrogens (primary N) is 1. The summed E-state index contributed by atoms with van der Waals surface area (Å²) >= 11 is 0. The number of hydrogen-bond donors (Lipinski definition) is 1. The van der Waals surface area contributed by atoms with Gasteiger partial charge in [-0.25, -0.2) is 0 Å². The largest absolute Gasteiger partial charge is 0.491 e. The third-order valence-electron chi connectivity index (χ3n) is 3.81. The molecule has 0 fully saturated rings. The first kappa shape index (κ1) is 13.8. The molecule has 21 heavy (non-hydrogen) atoms. The Kier molecular flexibility index (Phi) is 3.73. The van der Waals surface area contributed by atoms with Gasteiger partial charge in [0.1, 0.15) is 5.75 Å². The van der Waals surface area contributed by atoms with Crippen LogP contribution < -0.4 is 15.4 Å². The number of nitrogens with zero attached hydrogens (tertiary/aromatic N) is 3. The lowest BCUT2D eigenvalue weighted by molar-refractivity contribution is 0.322. The quantitative estimate of drug-likeness (QED) is 0.942. The van der Waals surface area contributed by atoms with Crippen molar-refractivity contribution in [1.82, 2.24) is 9.78 Å². The summed E-state index contributed by atoms with van der Waals surface area (Å²) in [7, 11) is 1.96. The first-order valence-electron chi connectivity index (χ1n) is 7.53. The van der Waals surface area contributed by atoms with Crippen LogP contribution in [-0.2, 0) is 13.5 Å². The number of aryl methyl sites for hydroxylation is 2. The zero-order chi connectivity index (χ0) is 14.8. The molecule has 0 unspecified atom stereocenters. The normalized spacial score (nSPS) is 14.5. The highest BCUT2D eigenvalue weighted by atomic mass is 16.5. The zero-order valence-corrected chi connectivity index (χ0v) is 12.7. The lowest BCUT2D eigenvalue weighted by atomic mass is 10.2. The van der Waals surface area contributed by atoms with Crippen LogP contribution in [0, 0.1) is 0 Å². The Hall–Kier alpha value is -2.17. The Morgan fingerprint density at radius 3 is 2.95 bits per heavy atom. The van der Waals surface area contributed by atoms with Crippen LogP contribution in [0.2, 0.25) is 0 Å². The number of ether oxygens (including phenoxy) is 1. The van der Waals surface area contributed by atoms with E-state index in [1.54, 1.807) is 0 Å². The Labute approximate surface area is 125 Å². The van der Waals surface area contributed by atoms with Crippen molar-refractivity contribution in [2.45, 2.75) is 26.2 Å². The Morgan fingerprint density at radius 2 is 2.14 bits per heavy atom. The van der Waals surface area contributed by atoms with Gasteiger partial charge in [-0.2, -0.15) is 5.10 Å². The van der Waals surface area contributed by atoms with Crippen LogP contribution in [0.25, 0.3) is 0 Å². The molecule has 1 aliphatic heterocycles. The summed E-state index contributed by atoms with van der Waals surface area (Å²) in [5.74, 6) is 1.88. The van der Waals surface area contributed by atoms with E-state index >= 15 is 0 Å². The monoisotopic (exact) mass is 286 g/mol. The van der Waals surface area contributed by atoms with Gasteiger partial charge in [0.2, 0.25) is 0 Å². The van der Waals surface area contributed by atoms with Crippen LogP contribution in [0.1, 0.15) is 25.5 Å². The standard InChI is InChI=1S/C16H22N4O/c1-3-7-12-15(17)16(19(2)18-12)20-10-6-11-21-14-9-5-4-8-13(14)20/h4-5,8-9H,3,6-7,10-11,17H2,1-2H3. The lowest BCUT2D eigenvalue weighted by Crippen LogP contribution is -2.21. The van der Waals surface area contributed by atoms with Gasteiger partial charge in [0.15, 0.2) is 5.82 Å². The molecule has 2 aromatic rings. The minimum atomic E-state index is 0.729. The van der Waals surface area contributed by atoms with E-state index in [2.05, 4.69) is 23.0 Å². The summed E-state index contributed by atoms with van der Waals surface area (Å²) in [5, 5.41) is 4.59. The maximum Gasteiger partial charge on any atom is 0.155 e. The van der Waals surface area contributed by atoms with E-state index in [4.69, 9.17) is 10.5 Å². The average Bonchev–Trinajstić information content (AvgIpc) is 2.66. The fourth-order valence-electron chi connectivity index (χ4n) is 2.87. The molecule has 0 saturated heterocycles.